The standard InChI is InChI=1S/C10H15N3O/c1-8-9(11-7-12-10(8)14)13-5-3-2-4-6-13/h7H,2-6H2,1H3,(H,11,12,14). The molecule has 1 fully saturated rings. The van der Waals surface area contributed by atoms with Gasteiger partial charge in [-0.1, -0.05) is 0 Å². The molecule has 1 aromatic heterocycles. The second kappa shape index (κ2) is 3.82. The van der Waals surface area contributed by atoms with Crippen LogP contribution in [0.4, 0.5) is 5.82 Å². The topological polar surface area (TPSA) is 49.0 Å². The van der Waals surface area contributed by atoms with Crippen molar-refractivity contribution in [1.82, 2.24) is 9.97 Å². The fraction of sp³-hybridized carbons (Fsp3) is 0.600. The predicted molar refractivity (Wildman–Crippen MR) is 55.7 cm³/mol. The second-order valence-corrected chi connectivity index (χ2v) is 3.73. The Kier molecular flexibility index (Phi) is 2.52. The number of piperidine rings is 1. The molecule has 0 atom stereocenters. The molecule has 2 rings (SSSR count). The number of nitrogens with one attached hydrogen (secondary N) is 1. The van der Waals surface area contributed by atoms with Crippen LogP contribution in [0.3, 0.4) is 0 Å². The van der Waals surface area contributed by atoms with Crippen LogP contribution in [0.25, 0.3) is 0 Å². The Morgan fingerprint density at radius 1 is 1.36 bits per heavy atom. The van der Waals surface area contributed by atoms with Gasteiger partial charge in [0, 0.05) is 13.1 Å². The molecule has 1 aliphatic heterocycles. The minimum absolute atomic E-state index is 0.0272. The Balaban J connectivity index is 2.30. The van der Waals surface area contributed by atoms with Gasteiger partial charge in [0.2, 0.25) is 0 Å². The highest BCUT2D eigenvalue weighted by atomic mass is 16.1. The predicted octanol–water partition coefficient (Wildman–Crippen LogP) is 1.07. The first-order valence-corrected chi connectivity index (χ1v) is 5.08. The van der Waals surface area contributed by atoms with Gasteiger partial charge in [-0.2, -0.15) is 0 Å². The molecule has 76 valence electrons. The SMILES string of the molecule is Cc1c(N2CCCCC2)nc[nH]c1=O. The summed E-state index contributed by atoms with van der Waals surface area (Å²) in [5.74, 6) is 0.855. The molecule has 0 bridgehead atoms. The molecule has 0 spiro atoms. The largest absolute Gasteiger partial charge is 0.356 e. The van der Waals surface area contributed by atoms with E-state index in [2.05, 4.69) is 14.9 Å². The van der Waals surface area contributed by atoms with Crippen molar-refractivity contribution in [2.45, 2.75) is 26.2 Å². The first kappa shape index (κ1) is 9.24. The molecule has 1 N–H and O–H groups in total. The average molecular weight is 193 g/mol. The summed E-state index contributed by atoms with van der Waals surface area (Å²) >= 11 is 0. The minimum atomic E-state index is -0.0272. The summed E-state index contributed by atoms with van der Waals surface area (Å²) in [4.78, 5) is 20.4. The fourth-order valence-corrected chi connectivity index (χ4v) is 1.88. The van der Waals surface area contributed by atoms with E-state index in [1.54, 1.807) is 0 Å². The molecule has 0 aromatic carbocycles. The van der Waals surface area contributed by atoms with Gasteiger partial charge in [-0.25, -0.2) is 4.98 Å². The molecule has 0 amide bonds. The molecule has 1 aliphatic rings. The van der Waals surface area contributed by atoms with Crippen LogP contribution in [0.15, 0.2) is 11.1 Å². The number of anilines is 1. The van der Waals surface area contributed by atoms with E-state index < -0.39 is 0 Å². The third kappa shape index (κ3) is 1.64. The van der Waals surface area contributed by atoms with E-state index in [4.69, 9.17) is 0 Å². The Bertz CT molecular complexity index is 366. The van der Waals surface area contributed by atoms with Gasteiger partial charge in [0.15, 0.2) is 0 Å². The highest BCUT2D eigenvalue weighted by Gasteiger charge is 2.14. The smallest absolute Gasteiger partial charge is 0.255 e. The fourth-order valence-electron chi connectivity index (χ4n) is 1.88. The van der Waals surface area contributed by atoms with E-state index in [-0.39, 0.29) is 5.56 Å². The summed E-state index contributed by atoms with van der Waals surface area (Å²) in [5.41, 5.74) is 0.704. The van der Waals surface area contributed by atoms with Crippen LogP contribution >= 0.6 is 0 Å². The zero-order valence-corrected chi connectivity index (χ0v) is 8.42. The van der Waals surface area contributed by atoms with Crippen molar-refractivity contribution < 1.29 is 0 Å². The maximum Gasteiger partial charge on any atom is 0.255 e. The van der Waals surface area contributed by atoms with Crippen molar-refractivity contribution in [3.05, 3.63) is 22.2 Å². The number of rotatable bonds is 1. The molecule has 0 saturated carbocycles. The van der Waals surface area contributed by atoms with Gasteiger partial charge in [0.1, 0.15) is 5.82 Å². The lowest BCUT2D eigenvalue weighted by Crippen LogP contribution is -2.32. The number of hydrogen-bond donors (Lipinski definition) is 1. The Hall–Kier alpha value is -1.32. The van der Waals surface area contributed by atoms with Gasteiger partial charge in [0.25, 0.3) is 5.56 Å². The van der Waals surface area contributed by atoms with Crippen molar-refractivity contribution in [2.75, 3.05) is 18.0 Å². The Morgan fingerprint density at radius 3 is 2.79 bits per heavy atom. The maximum absolute atomic E-state index is 11.4. The van der Waals surface area contributed by atoms with Crippen LogP contribution in [-0.2, 0) is 0 Å². The molecule has 0 unspecified atom stereocenters. The molecule has 0 radical (unpaired) electrons. The minimum Gasteiger partial charge on any atom is -0.356 e. The third-order valence-corrected chi connectivity index (χ3v) is 2.71. The molecule has 4 heteroatoms. The van der Waals surface area contributed by atoms with Gasteiger partial charge in [-0.15, -0.1) is 0 Å². The van der Waals surface area contributed by atoms with Gasteiger partial charge < -0.3 is 9.88 Å². The molecule has 0 aliphatic carbocycles. The second-order valence-electron chi connectivity index (χ2n) is 3.73. The third-order valence-electron chi connectivity index (χ3n) is 2.71. The number of aromatic amines is 1. The van der Waals surface area contributed by atoms with Gasteiger partial charge in [-0.3, -0.25) is 4.79 Å². The summed E-state index contributed by atoms with van der Waals surface area (Å²) in [6, 6.07) is 0. The van der Waals surface area contributed by atoms with Crippen LogP contribution < -0.4 is 10.5 Å². The number of aromatic nitrogens is 2. The van der Waals surface area contributed by atoms with E-state index >= 15 is 0 Å². The van der Waals surface area contributed by atoms with Crippen LogP contribution in [0.5, 0.6) is 0 Å². The van der Waals surface area contributed by atoms with Crippen molar-refractivity contribution >= 4 is 5.82 Å². The van der Waals surface area contributed by atoms with E-state index in [9.17, 15) is 4.79 Å². The van der Waals surface area contributed by atoms with Gasteiger partial charge >= 0.3 is 0 Å². The zero-order valence-electron chi connectivity index (χ0n) is 8.42. The van der Waals surface area contributed by atoms with Crippen molar-refractivity contribution in [2.24, 2.45) is 0 Å². The van der Waals surface area contributed by atoms with E-state index in [0.717, 1.165) is 24.5 Å². The summed E-state index contributed by atoms with van der Waals surface area (Å²) < 4.78 is 0. The van der Waals surface area contributed by atoms with Crippen LogP contribution in [-0.4, -0.2) is 23.1 Å². The molecule has 1 saturated heterocycles. The average Bonchev–Trinajstić information content (AvgIpc) is 2.23. The van der Waals surface area contributed by atoms with Gasteiger partial charge in [-0.05, 0) is 26.2 Å². The molecule has 2 heterocycles. The van der Waals surface area contributed by atoms with Crippen LogP contribution in [0.1, 0.15) is 24.8 Å². The number of hydrogen-bond acceptors (Lipinski definition) is 3. The molecular formula is C10H15N3O. The lowest BCUT2D eigenvalue weighted by Gasteiger charge is -2.28. The molecule has 4 nitrogen and oxygen atoms in total. The number of nitrogens with zero attached hydrogens (tertiary/aromatic N) is 2. The zero-order chi connectivity index (χ0) is 9.97. The van der Waals surface area contributed by atoms with Gasteiger partial charge in [0.05, 0.1) is 11.9 Å². The van der Waals surface area contributed by atoms with Crippen molar-refractivity contribution in [1.29, 1.82) is 0 Å². The number of H-pyrrole nitrogens is 1. The summed E-state index contributed by atoms with van der Waals surface area (Å²) in [6.45, 7) is 3.88. The molecule has 14 heavy (non-hydrogen) atoms. The monoisotopic (exact) mass is 193 g/mol. The van der Waals surface area contributed by atoms with Crippen molar-refractivity contribution in [3.8, 4) is 0 Å². The maximum atomic E-state index is 11.4. The van der Waals surface area contributed by atoms with E-state index in [0.29, 0.717) is 0 Å². The summed E-state index contributed by atoms with van der Waals surface area (Å²) in [6.07, 6.45) is 5.18. The molecule has 1 aromatic rings. The Labute approximate surface area is 83.0 Å². The first-order chi connectivity index (χ1) is 6.79. The highest BCUT2D eigenvalue weighted by Crippen LogP contribution is 2.17. The highest BCUT2D eigenvalue weighted by molar-refractivity contribution is 5.44. The summed E-state index contributed by atoms with van der Waals surface area (Å²) in [7, 11) is 0. The lowest BCUT2D eigenvalue weighted by molar-refractivity contribution is 0.571. The molecular weight excluding hydrogens is 178 g/mol. The summed E-state index contributed by atoms with van der Waals surface area (Å²) in [5, 5.41) is 0. The van der Waals surface area contributed by atoms with E-state index in [1.165, 1.54) is 25.6 Å². The van der Waals surface area contributed by atoms with Crippen LogP contribution in [0.2, 0.25) is 0 Å². The van der Waals surface area contributed by atoms with Crippen LogP contribution in [0, 0.1) is 6.92 Å². The normalized spacial score (nSPS) is 17.1. The van der Waals surface area contributed by atoms with Crippen molar-refractivity contribution in [3.63, 3.8) is 0 Å². The quantitative estimate of drug-likeness (QED) is 0.725. The van der Waals surface area contributed by atoms with E-state index in [1.807, 2.05) is 6.92 Å². The Morgan fingerprint density at radius 2 is 2.07 bits per heavy atom. The lowest BCUT2D eigenvalue weighted by atomic mass is 10.1. The first-order valence-electron chi connectivity index (χ1n) is 5.08.